The van der Waals surface area contributed by atoms with Gasteiger partial charge in [0.2, 0.25) is 0 Å². The fraction of sp³-hybridized carbons (Fsp3) is 0.222. The predicted molar refractivity (Wildman–Crippen MR) is 106 cm³/mol. The normalized spacial score (nSPS) is 12.3. The van der Waals surface area contributed by atoms with Gasteiger partial charge in [0.1, 0.15) is 12.0 Å². The van der Waals surface area contributed by atoms with Crippen LogP contribution in [0, 0.1) is 0 Å². The Morgan fingerprint density at radius 2 is 1.96 bits per heavy atom. The van der Waals surface area contributed by atoms with Crippen molar-refractivity contribution in [3.8, 4) is 0 Å². The molecule has 3 aromatic rings. The van der Waals surface area contributed by atoms with Crippen LogP contribution in [0.1, 0.15) is 11.7 Å². The van der Waals surface area contributed by atoms with Crippen LogP contribution in [0.4, 0.5) is 10.2 Å². The molecular weight excluding hydrogens is 396 g/mol. The van der Waals surface area contributed by atoms with Crippen molar-refractivity contribution in [2.45, 2.75) is 11.3 Å². The lowest BCUT2D eigenvalue weighted by Gasteiger charge is -2.14. The molecule has 2 N–H and O–H groups in total. The summed E-state index contributed by atoms with van der Waals surface area (Å²) in [6.07, 6.45) is -1.29. The maximum absolute atomic E-state index is 14.6. The Bertz CT molecular complexity index is 913. The molecule has 1 aromatic heterocycles. The highest BCUT2D eigenvalue weighted by molar-refractivity contribution is 7.99. The SMILES string of the molecule is OCCSc1nc(NCC(F)c2ccccc2Cl)c2cc(Cl)ccc2n1. The summed E-state index contributed by atoms with van der Waals surface area (Å²) >= 11 is 13.5. The Morgan fingerprint density at radius 3 is 2.73 bits per heavy atom. The number of halogens is 3. The van der Waals surface area contributed by atoms with Gasteiger partial charge < -0.3 is 10.4 Å². The number of nitrogens with zero attached hydrogens (tertiary/aromatic N) is 2. The van der Waals surface area contributed by atoms with E-state index >= 15 is 0 Å². The van der Waals surface area contributed by atoms with E-state index in [0.29, 0.717) is 43.2 Å². The first-order valence-corrected chi connectivity index (χ1v) is 9.66. The van der Waals surface area contributed by atoms with E-state index in [1.807, 2.05) is 0 Å². The zero-order chi connectivity index (χ0) is 18.5. The van der Waals surface area contributed by atoms with Crippen molar-refractivity contribution in [3.05, 3.63) is 58.1 Å². The maximum Gasteiger partial charge on any atom is 0.190 e. The topological polar surface area (TPSA) is 58.0 Å². The zero-order valence-electron chi connectivity index (χ0n) is 13.6. The van der Waals surface area contributed by atoms with Crippen molar-refractivity contribution >= 4 is 51.7 Å². The van der Waals surface area contributed by atoms with E-state index in [1.165, 1.54) is 11.8 Å². The number of aliphatic hydroxyl groups is 1. The number of anilines is 1. The summed E-state index contributed by atoms with van der Waals surface area (Å²) in [4.78, 5) is 8.88. The summed E-state index contributed by atoms with van der Waals surface area (Å²) < 4.78 is 14.6. The largest absolute Gasteiger partial charge is 0.396 e. The van der Waals surface area contributed by atoms with Gasteiger partial charge in [-0.1, -0.05) is 53.2 Å². The van der Waals surface area contributed by atoms with E-state index < -0.39 is 6.17 Å². The van der Waals surface area contributed by atoms with Crippen molar-refractivity contribution in [1.82, 2.24) is 9.97 Å². The third-order valence-electron chi connectivity index (χ3n) is 3.65. The van der Waals surface area contributed by atoms with Gasteiger partial charge >= 0.3 is 0 Å². The minimum Gasteiger partial charge on any atom is -0.396 e. The van der Waals surface area contributed by atoms with Crippen LogP contribution in [-0.2, 0) is 0 Å². The summed E-state index contributed by atoms with van der Waals surface area (Å²) in [7, 11) is 0. The monoisotopic (exact) mass is 411 g/mol. The fourth-order valence-electron chi connectivity index (χ4n) is 2.44. The summed E-state index contributed by atoms with van der Waals surface area (Å²) in [6.45, 7) is 0.0287. The van der Waals surface area contributed by atoms with Gasteiger partial charge in [-0.25, -0.2) is 14.4 Å². The van der Waals surface area contributed by atoms with Crippen molar-refractivity contribution in [2.24, 2.45) is 0 Å². The molecule has 0 saturated heterocycles. The Balaban J connectivity index is 1.87. The summed E-state index contributed by atoms with van der Waals surface area (Å²) in [5, 5.41) is 14.2. The van der Waals surface area contributed by atoms with Crippen LogP contribution in [0.25, 0.3) is 10.9 Å². The molecule has 1 unspecified atom stereocenters. The Morgan fingerprint density at radius 1 is 1.15 bits per heavy atom. The minimum absolute atomic E-state index is 0.00642. The molecule has 136 valence electrons. The van der Waals surface area contributed by atoms with E-state index in [1.54, 1.807) is 42.5 Å². The van der Waals surface area contributed by atoms with Gasteiger partial charge in [-0.05, 0) is 24.3 Å². The number of thioether (sulfide) groups is 1. The lowest BCUT2D eigenvalue weighted by molar-refractivity contribution is 0.322. The number of hydrogen-bond donors (Lipinski definition) is 2. The molecule has 26 heavy (non-hydrogen) atoms. The molecule has 0 bridgehead atoms. The lowest BCUT2D eigenvalue weighted by atomic mass is 10.1. The van der Waals surface area contributed by atoms with Crippen LogP contribution >= 0.6 is 35.0 Å². The molecule has 4 nitrogen and oxygen atoms in total. The number of fused-ring (bicyclic) bond motifs is 1. The number of aromatic nitrogens is 2. The predicted octanol–water partition coefficient (Wildman–Crippen LogP) is 5.14. The van der Waals surface area contributed by atoms with Gasteiger partial charge in [-0.3, -0.25) is 0 Å². The highest BCUT2D eigenvalue weighted by Gasteiger charge is 2.15. The van der Waals surface area contributed by atoms with Crippen LogP contribution in [0.5, 0.6) is 0 Å². The molecule has 0 fully saturated rings. The van der Waals surface area contributed by atoms with Gasteiger partial charge in [0, 0.05) is 26.7 Å². The van der Waals surface area contributed by atoms with Crippen LogP contribution in [0.3, 0.4) is 0 Å². The second-order valence-electron chi connectivity index (χ2n) is 5.46. The first kappa shape index (κ1) is 19.2. The number of nitrogens with one attached hydrogen (secondary N) is 1. The molecule has 0 amide bonds. The van der Waals surface area contributed by atoms with Crippen molar-refractivity contribution < 1.29 is 9.50 Å². The standard InChI is InChI=1S/C18H16Cl2FN3OS/c19-11-5-6-16-13(9-11)17(24-18(23-16)26-8-7-25)22-10-15(21)12-3-1-2-4-14(12)20/h1-6,9,15,25H,7-8,10H2,(H,22,23,24). The Kier molecular flexibility index (Phi) is 6.53. The zero-order valence-corrected chi connectivity index (χ0v) is 16.0. The van der Waals surface area contributed by atoms with Gasteiger partial charge in [0.15, 0.2) is 5.16 Å². The summed E-state index contributed by atoms with van der Waals surface area (Å²) in [5.74, 6) is 0.969. The molecule has 0 saturated carbocycles. The number of alkyl halides is 1. The van der Waals surface area contributed by atoms with Crippen molar-refractivity contribution in [2.75, 3.05) is 24.2 Å². The molecule has 1 heterocycles. The number of hydrogen-bond acceptors (Lipinski definition) is 5. The molecule has 8 heteroatoms. The maximum atomic E-state index is 14.6. The smallest absolute Gasteiger partial charge is 0.190 e. The van der Waals surface area contributed by atoms with E-state index in [2.05, 4.69) is 15.3 Å². The first-order chi connectivity index (χ1) is 12.6. The average molecular weight is 412 g/mol. The third kappa shape index (κ3) is 4.57. The molecular formula is C18H16Cl2FN3OS. The lowest BCUT2D eigenvalue weighted by Crippen LogP contribution is -2.11. The molecule has 3 rings (SSSR count). The summed E-state index contributed by atoms with van der Waals surface area (Å²) in [6, 6.07) is 12.1. The molecule has 2 aromatic carbocycles. The molecule has 0 spiro atoms. The van der Waals surface area contributed by atoms with Gasteiger partial charge in [0.05, 0.1) is 18.7 Å². The number of benzene rings is 2. The molecule has 0 aliphatic heterocycles. The highest BCUT2D eigenvalue weighted by Crippen LogP contribution is 2.29. The molecule has 0 aliphatic carbocycles. The number of aliphatic hydroxyl groups excluding tert-OH is 1. The number of rotatable bonds is 7. The Hall–Kier alpha value is -1.60. The third-order valence-corrected chi connectivity index (χ3v) is 5.06. The van der Waals surface area contributed by atoms with E-state index in [4.69, 9.17) is 28.3 Å². The molecule has 1 atom stereocenters. The van der Waals surface area contributed by atoms with Gasteiger partial charge in [-0.2, -0.15) is 0 Å². The van der Waals surface area contributed by atoms with Crippen LogP contribution in [-0.4, -0.2) is 34.0 Å². The quantitative estimate of drug-likeness (QED) is 0.416. The average Bonchev–Trinajstić information content (AvgIpc) is 2.64. The van der Waals surface area contributed by atoms with Crippen LogP contribution in [0.2, 0.25) is 10.0 Å². The van der Waals surface area contributed by atoms with E-state index in [-0.39, 0.29) is 13.2 Å². The fourth-order valence-corrected chi connectivity index (χ4v) is 3.46. The van der Waals surface area contributed by atoms with Crippen molar-refractivity contribution in [3.63, 3.8) is 0 Å². The van der Waals surface area contributed by atoms with E-state index in [9.17, 15) is 4.39 Å². The summed E-state index contributed by atoms with van der Waals surface area (Å²) in [5.41, 5.74) is 1.12. The highest BCUT2D eigenvalue weighted by atomic mass is 35.5. The minimum atomic E-state index is -1.29. The Labute approximate surface area is 164 Å². The second kappa shape index (κ2) is 8.86. The van der Waals surface area contributed by atoms with Gasteiger partial charge in [-0.15, -0.1) is 0 Å². The van der Waals surface area contributed by atoms with E-state index in [0.717, 1.165) is 0 Å². The molecule has 0 radical (unpaired) electrons. The molecule has 0 aliphatic rings. The van der Waals surface area contributed by atoms with Crippen LogP contribution < -0.4 is 5.32 Å². The van der Waals surface area contributed by atoms with Gasteiger partial charge in [0.25, 0.3) is 0 Å². The first-order valence-electron chi connectivity index (χ1n) is 7.92. The second-order valence-corrected chi connectivity index (χ2v) is 7.36. The van der Waals surface area contributed by atoms with Crippen LogP contribution in [0.15, 0.2) is 47.6 Å². The van der Waals surface area contributed by atoms with Crippen molar-refractivity contribution in [1.29, 1.82) is 0 Å².